The number of hydrogen-bond donors (Lipinski definition) is 1. The zero-order valence-corrected chi connectivity index (χ0v) is 23.1. The topological polar surface area (TPSA) is 145 Å². The Morgan fingerprint density at radius 2 is 2.12 bits per heavy atom. The van der Waals surface area contributed by atoms with Gasteiger partial charge in [-0.05, 0) is 31.5 Å². The summed E-state index contributed by atoms with van der Waals surface area (Å²) in [5.74, 6) is -0.729. The van der Waals surface area contributed by atoms with Crippen LogP contribution in [0, 0.1) is 24.1 Å². The maximum atomic E-state index is 14.2. The van der Waals surface area contributed by atoms with Crippen LogP contribution in [0.25, 0.3) is 21.6 Å². The highest BCUT2D eigenvalue weighted by Crippen LogP contribution is 2.33. The lowest BCUT2D eigenvalue weighted by Gasteiger charge is -2.27. The van der Waals surface area contributed by atoms with E-state index in [1.165, 1.54) is 29.1 Å². The normalized spacial score (nSPS) is 14.5. The number of pyridine rings is 1. The van der Waals surface area contributed by atoms with E-state index in [1.54, 1.807) is 25.1 Å². The molecule has 1 N–H and O–H groups in total. The average molecular weight is 587 g/mol. The maximum Gasteiger partial charge on any atom is 0.346 e. The second-order valence-corrected chi connectivity index (χ2v) is 10.7. The molecular formula is C29H23FN6O5S. The van der Waals surface area contributed by atoms with Crippen molar-refractivity contribution in [1.29, 1.82) is 5.26 Å². The van der Waals surface area contributed by atoms with E-state index in [-0.39, 0.29) is 46.7 Å². The molecule has 0 saturated carbocycles. The smallest absolute Gasteiger partial charge is 0.346 e. The number of nitriles is 1. The summed E-state index contributed by atoms with van der Waals surface area (Å²) in [4.78, 5) is 34.7. The molecular weight excluding hydrogens is 563 g/mol. The highest BCUT2D eigenvalue weighted by molar-refractivity contribution is 7.20. The predicted molar refractivity (Wildman–Crippen MR) is 150 cm³/mol. The molecule has 0 amide bonds. The second-order valence-electron chi connectivity index (χ2n) is 9.74. The van der Waals surface area contributed by atoms with E-state index in [0.29, 0.717) is 40.6 Å². The first kappa shape index (κ1) is 27.3. The molecule has 0 radical (unpaired) electrons. The molecule has 212 valence electrons. The maximum absolute atomic E-state index is 14.2. The number of rotatable bonds is 9. The largest absolute Gasteiger partial charge is 0.477 e. The van der Waals surface area contributed by atoms with Crippen LogP contribution in [0.15, 0.2) is 53.5 Å². The first-order valence-electron chi connectivity index (χ1n) is 13.0. The lowest BCUT2D eigenvalue weighted by atomic mass is 10.1. The number of imidazole rings is 1. The molecule has 5 heterocycles. The molecule has 0 spiro atoms. The van der Waals surface area contributed by atoms with E-state index in [2.05, 4.69) is 15.1 Å². The fraction of sp³-hybridized carbons (Fsp3) is 0.241. The van der Waals surface area contributed by atoms with Crippen molar-refractivity contribution in [2.45, 2.75) is 39.1 Å². The van der Waals surface area contributed by atoms with E-state index in [9.17, 15) is 19.1 Å². The fourth-order valence-electron chi connectivity index (χ4n) is 4.71. The summed E-state index contributed by atoms with van der Waals surface area (Å²) < 4.78 is 28.7. The number of aromatic carboxylic acids is 1. The third-order valence-corrected chi connectivity index (χ3v) is 8.18. The summed E-state index contributed by atoms with van der Waals surface area (Å²) in [5, 5.41) is 22.8. The molecule has 5 aromatic rings. The molecule has 11 nitrogen and oxygen atoms in total. The lowest BCUT2D eigenvalue weighted by Crippen LogP contribution is -2.32. The van der Waals surface area contributed by atoms with Crippen LogP contribution in [-0.4, -0.2) is 48.1 Å². The van der Waals surface area contributed by atoms with Gasteiger partial charge in [-0.3, -0.25) is 4.79 Å². The number of halogens is 1. The van der Waals surface area contributed by atoms with Crippen molar-refractivity contribution in [2.24, 2.45) is 0 Å². The van der Waals surface area contributed by atoms with Crippen molar-refractivity contribution in [3.05, 3.63) is 92.2 Å². The van der Waals surface area contributed by atoms with Crippen LogP contribution in [0.4, 0.5) is 4.39 Å². The fourth-order valence-corrected chi connectivity index (χ4v) is 5.75. The highest BCUT2D eigenvalue weighted by atomic mass is 32.1. The number of ether oxygens (including phenoxy) is 2. The van der Waals surface area contributed by atoms with Gasteiger partial charge >= 0.3 is 5.97 Å². The standard InChI is InChI=1S/C29H23FN6O5S/c1-16-26-28(42-27(16)29(38)39)34-23(35(26)13-20-7-8-40-20)14-36-25(37)10-19(12-32-36)22-3-2-4-24(33-22)41-15-18-6-5-17(11-31)9-21(18)30/h2-6,9-10,12,20H,7-8,13-15H2,1H3,(H,38,39). The minimum absolute atomic E-state index is 0.00485. The second kappa shape index (κ2) is 11.2. The van der Waals surface area contributed by atoms with Gasteiger partial charge in [-0.2, -0.15) is 10.4 Å². The summed E-state index contributed by atoms with van der Waals surface area (Å²) >= 11 is 1.11. The van der Waals surface area contributed by atoms with Gasteiger partial charge in [0.25, 0.3) is 5.56 Å². The molecule has 6 rings (SSSR count). The molecule has 0 aliphatic carbocycles. The van der Waals surface area contributed by atoms with Crippen LogP contribution >= 0.6 is 11.3 Å². The van der Waals surface area contributed by atoms with Gasteiger partial charge in [0.2, 0.25) is 5.88 Å². The van der Waals surface area contributed by atoms with E-state index in [1.807, 2.05) is 10.6 Å². The van der Waals surface area contributed by atoms with E-state index in [0.717, 1.165) is 29.3 Å². The first-order chi connectivity index (χ1) is 20.3. The molecule has 1 atom stereocenters. The van der Waals surface area contributed by atoms with Crippen molar-refractivity contribution in [1.82, 2.24) is 24.3 Å². The van der Waals surface area contributed by atoms with Gasteiger partial charge in [-0.25, -0.2) is 23.8 Å². The Morgan fingerprint density at radius 3 is 2.81 bits per heavy atom. The summed E-state index contributed by atoms with van der Waals surface area (Å²) in [6, 6.07) is 12.5. The third kappa shape index (κ3) is 5.25. The SMILES string of the molecule is Cc1c(C(=O)O)sc2nc(Cn3ncc(-c4cccc(OCc5ccc(C#N)cc5F)n4)cc3=O)n(CC3CCO3)c12. The summed E-state index contributed by atoms with van der Waals surface area (Å²) in [5.41, 5.74) is 2.41. The van der Waals surface area contributed by atoms with Crippen LogP contribution < -0.4 is 10.3 Å². The number of aryl methyl sites for hydroxylation is 1. The Labute approximate surface area is 242 Å². The number of hydrogen-bond acceptors (Lipinski definition) is 9. The van der Waals surface area contributed by atoms with Crippen LogP contribution in [0.2, 0.25) is 0 Å². The Balaban J connectivity index is 1.23. The Hall–Kier alpha value is -4.93. The van der Waals surface area contributed by atoms with Crippen LogP contribution in [0.1, 0.15) is 38.6 Å². The number of carboxylic acids is 1. The Bertz CT molecular complexity index is 1940. The van der Waals surface area contributed by atoms with Gasteiger partial charge in [0.15, 0.2) is 0 Å². The molecule has 1 aliphatic rings. The van der Waals surface area contributed by atoms with Gasteiger partial charge in [-0.1, -0.05) is 12.1 Å². The van der Waals surface area contributed by atoms with Crippen molar-refractivity contribution in [2.75, 3.05) is 6.61 Å². The van der Waals surface area contributed by atoms with Gasteiger partial charge in [0, 0.05) is 35.4 Å². The van der Waals surface area contributed by atoms with Crippen LogP contribution in [0.5, 0.6) is 5.88 Å². The highest BCUT2D eigenvalue weighted by Gasteiger charge is 2.26. The number of benzene rings is 1. The summed E-state index contributed by atoms with van der Waals surface area (Å²) in [6.45, 7) is 2.93. The van der Waals surface area contributed by atoms with Gasteiger partial charge in [0.1, 0.15) is 34.5 Å². The number of nitrogens with zero attached hydrogens (tertiary/aromatic N) is 6. The summed E-state index contributed by atoms with van der Waals surface area (Å²) in [7, 11) is 0. The zero-order valence-electron chi connectivity index (χ0n) is 22.3. The monoisotopic (exact) mass is 586 g/mol. The van der Waals surface area contributed by atoms with E-state index < -0.39 is 11.8 Å². The average Bonchev–Trinajstić information content (AvgIpc) is 3.46. The molecule has 1 fully saturated rings. The quantitative estimate of drug-likeness (QED) is 0.269. The number of fused-ring (bicyclic) bond motifs is 1. The van der Waals surface area contributed by atoms with Gasteiger partial charge in [-0.15, -0.1) is 11.3 Å². The number of aromatic nitrogens is 5. The molecule has 1 aromatic carbocycles. The number of carboxylic acid groups (broad SMARTS) is 1. The molecule has 42 heavy (non-hydrogen) atoms. The first-order valence-corrected chi connectivity index (χ1v) is 13.8. The van der Waals surface area contributed by atoms with Crippen molar-refractivity contribution < 1.29 is 23.8 Å². The van der Waals surface area contributed by atoms with E-state index >= 15 is 0 Å². The summed E-state index contributed by atoms with van der Waals surface area (Å²) in [6.07, 6.45) is 2.40. The Kier molecular flexibility index (Phi) is 7.24. The van der Waals surface area contributed by atoms with Crippen LogP contribution in [0.3, 0.4) is 0 Å². The number of thiophene rings is 1. The molecule has 13 heteroatoms. The molecule has 1 aliphatic heterocycles. The van der Waals surface area contributed by atoms with Crippen molar-refractivity contribution >= 4 is 27.7 Å². The minimum atomic E-state index is -0.999. The van der Waals surface area contributed by atoms with E-state index in [4.69, 9.17) is 14.7 Å². The van der Waals surface area contributed by atoms with Crippen molar-refractivity contribution in [3.8, 4) is 23.2 Å². The molecule has 4 aromatic heterocycles. The van der Waals surface area contributed by atoms with Gasteiger partial charge in [0.05, 0.1) is 41.7 Å². The molecule has 1 saturated heterocycles. The Morgan fingerprint density at radius 1 is 1.29 bits per heavy atom. The van der Waals surface area contributed by atoms with Crippen molar-refractivity contribution in [3.63, 3.8) is 0 Å². The number of carbonyl (C=O) groups is 1. The lowest BCUT2D eigenvalue weighted by molar-refractivity contribution is -0.0590. The van der Waals surface area contributed by atoms with Gasteiger partial charge < -0.3 is 19.1 Å². The predicted octanol–water partition coefficient (Wildman–Crippen LogP) is 4.15. The molecule has 1 unspecified atom stereocenters. The zero-order chi connectivity index (χ0) is 29.4. The molecule has 0 bridgehead atoms. The third-order valence-electron chi connectivity index (χ3n) is 7.02. The minimum Gasteiger partial charge on any atom is -0.477 e. The van der Waals surface area contributed by atoms with Crippen LogP contribution in [-0.2, 0) is 24.4 Å².